The van der Waals surface area contributed by atoms with Gasteiger partial charge in [-0.2, -0.15) is 0 Å². The highest BCUT2D eigenvalue weighted by Gasteiger charge is 2.31. The highest BCUT2D eigenvalue weighted by atomic mass is 32.2. The molecule has 0 aliphatic carbocycles. The number of nitrogens with one attached hydrogen (secondary N) is 2. The summed E-state index contributed by atoms with van der Waals surface area (Å²) in [5.74, 6) is 0.589. The molecule has 0 radical (unpaired) electrons. The molecule has 0 atom stereocenters. The third kappa shape index (κ3) is 3.29. The Bertz CT molecular complexity index is 758. The standard InChI is InChI=1S/C15H20N4O2S2/c1-5-10(20)18-19-12-11-8-6-15(2,3)21-7-9(8)23-13(11)17-14(16-12)22-4/h5-7H2,1-4H3,(H,18,20)(H,16,17,19). The number of nitrogens with zero attached hydrogens (tertiary/aromatic N) is 2. The van der Waals surface area contributed by atoms with Crippen molar-refractivity contribution in [2.24, 2.45) is 0 Å². The summed E-state index contributed by atoms with van der Waals surface area (Å²) >= 11 is 3.13. The van der Waals surface area contributed by atoms with Crippen LogP contribution in [-0.2, 0) is 22.6 Å². The van der Waals surface area contributed by atoms with E-state index >= 15 is 0 Å². The minimum Gasteiger partial charge on any atom is -0.370 e. The molecule has 0 fully saturated rings. The summed E-state index contributed by atoms with van der Waals surface area (Å²) in [6, 6.07) is 0. The Morgan fingerprint density at radius 1 is 1.43 bits per heavy atom. The van der Waals surface area contributed by atoms with E-state index in [1.165, 1.54) is 22.2 Å². The minimum atomic E-state index is -0.205. The van der Waals surface area contributed by atoms with Crippen LogP contribution in [0.2, 0.25) is 0 Å². The molecule has 2 aromatic heterocycles. The van der Waals surface area contributed by atoms with Gasteiger partial charge in [0, 0.05) is 17.7 Å². The number of amides is 1. The van der Waals surface area contributed by atoms with E-state index in [9.17, 15) is 4.79 Å². The second-order valence-electron chi connectivity index (χ2n) is 5.99. The Kier molecular flexibility index (Phi) is 4.48. The van der Waals surface area contributed by atoms with Crippen LogP contribution in [0.5, 0.6) is 0 Å². The fourth-order valence-electron chi connectivity index (χ4n) is 2.52. The largest absolute Gasteiger partial charge is 0.370 e. The van der Waals surface area contributed by atoms with Gasteiger partial charge in [0.05, 0.1) is 17.6 Å². The fraction of sp³-hybridized carbons (Fsp3) is 0.533. The molecule has 3 rings (SSSR count). The van der Waals surface area contributed by atoms with Gasteiger partial charge in [0.2, 0.25) is 5.91 Å². The number of fused-ring (bicyclic) bond motifs is 3. The van der Waals surface area contributed by atoms with Gasteiger partial charge in [-0.05, 0) is 25.7 Å². The molecular formula is C15H20N4O2S2. The number of thioether (sulfide) groups is 1. The molecule has 23 heavy (non-hydrogen) atoms. The molecular weight excluding hydrogens is 332 g/mol. The van der Waals surface area contributed by atoms with Crippen LogP contribution in [0.25, 0.3) is 10.2 Å². The smallest absolute Gasteiger partial charge is 0.238 e. The van der Waals surface area contributed by atoms with Crippen LogP contribution < -0.4 is 10.9 Å². The maximum Gasteiger partial charge on any atom is 0.238 e. The minimum absolute atomic E-state index is 0.0739. The molecule has 2 N–H and O–H groups in total. The zero-order valence-electron chi connectivity index (χ0n) is 13.6. The summed E-state index contributed by atoms with van der Waals surface area (Å²) in [4.78, 5) is 22.9. The Balaban J connectivity index is 2.09. The molecule has 0 aromatic carbocycles. The Hall–Kier alpha value is -1.38. The van der Waals surface area contributed by atoms with Crippen LogP contribution in [0.3, 0.4) is 0 Å². The Morgan fingerprint density at radius 2 is 2.22 bits per heavy atom. The van der Waals surface area contributed by atoms with E-state index in [0.717, 1.165) is 16.6 Å². The number of hydrogen-bond donors (Lipinski definition) is 2. The number of rotatable bonds is 4. The van der Waals surface area contributed by atoms with E-state index in [-0.39, 0.29) is 11.5 Å². The van der Waals surface area contributed by atoms with Crippen LogP contribution in [0.15, 0.2) is 5.16 Å². The van der Waals surface area contributed by atoms with Crippen molar-refractivity contribution in [1.29, 1.82) is 0 Å². The van der Waals surface area contributed by atoms with Gasteiger partial charge in [-0.3, -0.25) is 15.6 Å². The molecule has 8 heteroatoms. The van der Waals surface area contributed by atoms with Crippen molar-refractivity contribution in [2.75, 3.05) is 11.7 Å². The quantitative estimate of drug-likeness (QED) is 0.500. The monoisotopic (exact) mass is 352 g/mol. The summed E-state index contributed by atoms with van der Waals surface area (Å²) in [5.41, 5.74) is 6.69. The number of carbonyl (C=O) groups is 1. The third-order valence-electron chi connectivity index (χ3n) is 3.73. The van der Waals surface area contributed by atoms with Crippen LogP contribution in [0.4, 0.5) is 5.82 Å². The lowest BCUT2D eigenvalue weighted by molar-refractivity contribution is -0.120. The van der Waals surface area contributed by atoms with Gasteiger partial charge in [0.15, 0.2) is 11.0 Å². The van der Waals surface area contributed by atoms with Crippen LogP contribution in [0, 0.1) is 0 Å². The first kappa shape index (κ1) is 16.5. The van der Waals surface area contributed by atoms with E-state index in [2.05, 4.69) is 34.7 Å². The number of thiophene rings is 1. The van der Waals surface area contributed by atoms with Gasteiger partial charge < -0.3 is 4.74 Å². The third-order valence-corrected chi connectivity index (χ3v) is 5.38. The normalized spacial score (nSPS) is 16.2. The number of aromatic nitrogens is 2. The zero-order valence-corrected chi connectivity index (χ0v) is 15.3. The van der Waals surface area contributed by atoms with Crippen molar-refractivity contribution in [3.05, 3.63) is 10.4 Å². The second kappa shape index (κ2) is 6.26. The van der Waals surface area contributed by atoms with Gasteiger partial charge in [0.25, 0.3) is 0 Å². The van der Waals surface area contributed by atoms with Crippen LogP contribution in [0.1, 0.15) is 37.6 Å². The molecule has 1 aliphatic heterocycles. The highest BCUT2D eigenvalue weighted by Crippen LogP contribution is 2.41. The molecule has 124 valence electrons. The molecule has 2 aromatic rings. The van der Waals surface area contributed by atoms with Gasteiger partial charge >= 0.3 is 0 Å². The lowest BCUT2D eigenvalue weighted by Crippen LogP contribution is -2.31. The lowest BCUT2D eigenvalue weighted by Gasteiger charge is -2.30. The summed E-state index contributed by atoms with van der Waals surface area (Å²) in [5, 5.41) is 1.68. The summed E-state index contributed by atoms with van der Waals surface area (Å²) in [6.07, 6.45) is 3.16. The number of carbonyl (C=O) groups excluding carboxylic acids is 1. The number of ether oxygens (including phenoxy) is 1. The molecule has 0 saturated heterocycles. The lowest BCUT2D eigenvalue weighted by atomic mass is 9.94. The molecule has 3 heterocycles. The zero-order chi connectivity index (χ0) is 16.6. The molecule has 0 saturated carbocycles. The van der Waals surface area contributed by atoms with Crippen LogP contribution >= 0.6 is 23.1 Å². The molecule has 0 unspecified atom stereocenters. The predicted octanol–water partition coefficient (Wildman–Crippen LogP) is 3.12. The molecule has 1 aliphatic rings. The maximum atomic E-state index is 11.6. The van der Waals surface area contributed by atoms with E-state index in [1.807, 2.05) is 13.2 Å². The molecule has 6 nitrogen and oxygen atoms in total. The van der Waals surface area contributed by atoms with Crippen molar-refractivity contribution in [1.82, 2.24) is 15.4 Å². The van der Waals surface area contributed by atoms with Crippen molar-refractivity contribution in [2.45, 2.75) is 51.0 Å². The van der Waals surface area contributed by atoms with Crippen LogP contribution in [-0.4, -0.2) is 27.7 Å². The van der Waals surface area contributed by atoms with Crippen molar-refractivity contribution in [3.8, 4) is 0 Å². The summed E-state index contributed by atoms with van der Waals surface area (Å²) < 4.78 is 5.90. The Labute approximate surface area is 143 Å². The topological polar surface area (TPSA) is 76.1 Å². The van der Waals surface area contributed by atoms with E-state index in [4.69, 9.17) is 4.74 Å². The first-order valence-electron chi connectivity index (χ1n) is 7.48. The number of hydrogen-bond acceptors (Lipinski definition) is 7. The summed E-state index contributed by atoms with van der Waals surface area (Å²) in [6.45, 7) is 6.58. The van der Waals surface area contributed by atoms with Crippen molar-refractivity contribution >= 4 is 45.0 Å². The average Bonchev–Trinajstić information content (AvgIpc) is 2.88. The second-order valence-corrected chi connectivity index (χ2v) is 7.85. The number of anilines is 1. The molecule has 1 amide bonds. The van der Waals surface area contributed by atoms with Crippen molar-refractivity contribution in [3.63, 3.8) is 0 Å². The average molecular weight is 352 g/mol. The van der Waals surface area contributed by atoms with E-state index in [1.54, 1.807) is 11.3 Å². The van der Waals surface area contributed by atoms with Crippen molar-refractivity contribution < 1.29 is 9.53 Å². The number of hydrazine groups is 1. The maximum absolute atomic E-state index is 11.6. The fourth-order valence-corrected chi connectivity index (χ4v) is 4.05. The van der Waals surface area contributed by atoms with Gasteiger partial charge in [-0.15, -0.1) is 11.3 Å². The van der Waals surface area contributed by atoms with Gasteiger partial charge in [-0.1, -0.05) is 18.7 Å². The van der Waals surface area contributed by atoms with E-state index < -0.39 is 0 Å². The first-order valence-corrected chi connectivity index (χ1v) is 9.52. The van der Waals surface area contributed by atoms with Gasteiger partial charge in [0.1, 0.15) is 4.83 Å². The van der Waals surface area contributed by atoms with E-state index in [0.29, 0.717) is 24.0 Å². The highest BCUT2D eigenvalue weighted by molar-refractivity contribution is 7.98. The Morgan fingerprint density at radius 3 is 2.91 bits per heavy atom. The predicted molar refractivity (Wildman–Crippen MR) is 93.8 cm³/mol. The SMILES string of the molecule is CCC(=O)NNc1nc(SC)nc2sc3c(c12)CC(C)(C)OC3. The first-order chi connectivity index (χ1) is 10.9. The molecule has 0 bridgehead atoms. The summed E-state index contributed by atoms with van der Waals surface area (Å²) in [7, 11) is 0. The molecule has 0 spiro atoms. The van der Waals surface area contributed by atoms with Gasteiger partial charge in [-0.25, -0.2) is 9.97 Å².